The second kappa shape index (κ2) is 4.76. The van der Waals surface area contributed by atoms with Gasteiger partial charge in [0.1, 0.15) is 11.5 Å². The van der Waals surface area contributed by atoms with Crippen molar-refractivity contribution in [2.75, 3.05) is 7.05 Å². The molecular weight excluding hydrogens is 275 g/mol. The Morgan fingerprint density at radius 3 is 3.06 bits per heavy atom. The SMILES string of the molecule is CNCc1ncoc1-c1cc(F)ccc1Br. The van der Waals surface area contributed by atoms with E-state index in [4.69, 9.17) is 4.42 Å². The molecular formula is C11H10BrFN2O. The summed E-state index contributed by atoms with van der Waals surface area (Å²) in [7, 11) is 1.82. The molecule has 0 saturated heterocycles. The van der Waals surface area contributed by atoms with Crippen LogP contribution in [0.5, 0.6) is 0 Å². The first-order valence-electron chi connectivity index (χ1n) is 4.74. The van der Waals surface area contributed by atoms with E-state index in [0.717, 1.165) is 10.2 Å². The summed E-state index contributed by atoms with van der Waals surface area (Å²) in [6, 6.07) is 4.46. The first-order chi connectivity index (χ1) is 7.72. The van der Waals surface area contributed by atoms with Gasteiger partial charge in [-0.05, 0) is 25.2 Å². The van der Waals surface area contributed by atoms with Crippen molar-refractivity contribution in [3.05, 3.63) is 40.6 Å². The van der Waals surface area contributed by atoms with Crippen LogP contribution in [0.1, 0.15) is 5.69 Å². The normalized spacial score (nSPS) is 10.7. The van der Waals surface area contributed by atoms with Crippen molar-refractivity contribution in [1.82, 2.24) is 10.3 Å². The van der Waals surface area contributed by atoms with Gasteiger partial charge in [-0.15, -0.1) is 0 Å². The molecule has 0 unspecified atom stereocenters. The van der Waals surface area contributed by atoms with Crippen molar-refractivity contribution >= 4 is 15.9 Å². The van der Waals surface area contributed by atoms with Gasteiger partial charge in [0, 0.05) is 16.6 Å². The Balaban J connectivity index is 2.49. The van der Waals surface area contributed by atoms with Gasteiger partial charge in [0.2, 0.25) is 0 Å². The highest BCUT2D eigenvalue weighted by Gasteiger charge is 2.13. The van der Waals surface area contributed by atoms with Gasteiger partial charge < -0.3 is 9.73 Å². The Hall–Kier alpha value is -1.20. The minimum absolute atomic E-state index is 0.301. The summed E-state index contributed by atoms with van der Waals surface area (Å²) in [5.41, 5.74) is 1.43. The van der Waals surface area contributed by atoms with Crippen LogP contribution in [0.4, 0.5) is 4.39 Å². The Morgan fingerprint density at radius 2 is 2.31 bits per heavy atom. The molecule has 0 amide bonds. The quantitative estimate of drug-likeness (QED) is 0.942. The second-order valence-corrected chi connectivity index (χ2v) is 4.14. The van der Waals surface area contributed by atoms with Gasteiger partial charge in [-0.2, -0.15) is 0 Å². The highest BCUT2D eigenvalue weighted by molar-refractivity contribution is 9.10. The van der Waals surface area contributed by atoms with Crippen molar-refractivity contribution in [3.8, 4) is 11.3 Å². The molecule has 0 fully saturated rings. The third-order valence-corrected chi connectivity index (χ3v) is 2.85. The molecule has 5 heteroatoms. The zero-order valence-corrected chi connectivity index (χ0v) is 10.2. The van der Waals surface area contributed by atoms with Gasteiger partial charge in [0.25, 0.3) is 0 Å². The van der Waals surface area contributed by atoms with Crippen LogP contribution in [0.2, 0.25) is 0 Å². The number of benzene rings is 1. The number of rotatable bonds is 3. The summed E-state index contributed by atoms with van der Waals surface area (Å²) in [5, 5.41) is 2.98. The maximum absolute atomic E-state index is 13.2. The monoisotopic (exact) mass is 284 g/mol. The number of aromatic nitrogens is 1. The third-order valence-electron chi connectivity index (χ3n) is 2.16. The molecule has 1 aromatic carbocycles. The van der Waals surface area contributed by atoms with Crippen LogP contribution in [0.15, 0.2) is 33.5 Å². The van der Waals surface area contributed by atoms with E-state index in [1.54, 1.807) is 6.07 Å². The number of hydrogen-bond donors (Lipinski definition) is 1. The van der Waals surface area contributed by atoms with Crippen LogP contribution in [-0.4, -0.2) is 12.0 Å². The van der Waals surface area contributed by atoms with Crippen LogP contribution in [0, 0.1) is 5.82 Å². The second-order valence-electron chi connectivity index (χ2n) is 3.28. The summed E-state index contributed by atoms with van der Waals surface area (Å²) >= 11 is 3.36. The van der Waals surface area contributed by atoms with Crippen LogP contribution in [0.25, 0.3) is 11.3 Å². The van der Waals surface area contributed by atoms with Crippen molar-refractivity contribution in [1.29, 1.82) is 0 Å². The van der Waals surface area contributed by atoms with E-state index in [9.17, 15) is 4.39 Å². The van der Waals surface area contributed by atoms with Crippen LogP contribution in [0.3, 0.4) is 0 Å². The summed E-state index contributed by atoms with van der Waals surface area (Å²) in [5.74, 6) is 0.283. The van der Waals surface area contributed by atoms with Gasteiger partial charge in [0.05, 0.1) is 0 Å². The molecule has 2 rings (SSSR count). The number of hydrogen-bond acceptors (Lipinski definition) is 3. The topological polar surface area (TPSA) is 38.1 Å². The fraction of sp³-hybridized carbons (Fsp3) is 0.182. The van der Waals surface area contributed by atoms with E-state index >= 15 is 0 Å². The van der Waals surface area contributed by atoms with Crippen molar-refractivity contribution in [2.24, 2.45) is 0 Å². The number of nitrogens with zero attached hydrogens (tertiary/aromatic N) is 1. The molecule has 0 aliphatic rings. The highest BCUT2D eigenvalue weighted by Crippen LogP contribution is 2.31. The lowest BCUT2D eigenvalue weighted by atomic mass is 10.1. The fourth-order valence-electron chi connectivity index (χ4n) is 1.45. The minimum atomic E-state index is -0.301. The minimum Gasteiger partial charge on any atom is -0.443 e. The molecule has 84 valence electrons. The summed E-state index contributed by atoms with van der Waals surface area (Å²) in [6.45, 7) is 0.578. The Bertz CT molecular complexity index is 498. The van der Waals surface area contributed by atoms with Crippen LogP contribution >= 0.6 is 15.9 Å². The van der Waals surface area contributed by atoms with E-state index in [1.807, 2.05) is 7.05 Å². The maximum Gasteiger partial charge on any atom is 0.181 e. The summed E-state index contributed by atoms with van der Waals surface area (Å²) in [6.07, 6.45) is 1.36. The smallest absolute Gasteiger partial charge is 0.181 e. The van der Waals surface area contributed by atoms with Crippen LogP contribution < -0.4 is 5.32 Å². The molecule has 1 heterocycles. The summed E-state index contributed by atoms with van der Waals surface area (Å²) in [4.78, 5) is 4.08. The van der Waals surface area contributed by atoms with E-state index in [0.29, 0.717) is 17.9 Å². The standard InChI is InChI=1S/C11H10BrFN2O/c1-14-5-10-11(16-6-15-10)8-4-7(13)2-3-9(8)12/h2-4,6,14H,5H2,1H3. The lowest BCUT2D eigenvalue weighted by Crippen LogP contribution is -2.06. The first-order valence-corrected chi connectivity index (χ1v) is 5.54. The molecule has 0 radical (unpaired) electrons. The van der Waals surface area contributed by atoms with Gasteiger partial charge in [-0.25, -0.2) is 9.37 Å². The van der Waals surface area contributed by atoms with E-state index < -0.39 is 0 Å². The largest absolute Gasteiger partial charge is 0.443 e. The third kappa shape index (κ3) is 2.15. The number of nitrogens with one attached hydrogen (secondary N) is 1. The average Bonchev–Trinajstić information content (AvgIpc) is 2.70. The highest BCUT2D eigenvalue weighted by atomic mass is 79.9. The Kier molecular flexibility index (Phi) is 3.36. The lowest BCUT2D eigenvalue weighted by molar-refractivity contribution is 0.568. The predicted octanol–water partition coefficient (Wildman–Crippen LogP) is 2.96. The number of halogens is 2. The van der Waals surface area contributed by atoms with Gasteiger partial charge in [-0.1, -0.05) is 15.9 Å². The van der Waals surface area contributed by atoms with Gasteiger partial charge in [0.15, 0.2) is 12.2 Å². The first kappa shape index (κ1) is 11.3. The molecule has 0 saturated carbocycles. The van der Waals surface area contributed by atoms with Crippen molar-refractivity contribution in [2.45, 2.75) is 6.54 Å². The molecule has 0 aliphatic heterocycles. The lowest BCUT2D eigenvalue weighted by Gasteiger charge is -2.03. The molecule has 16 heavy (non-hydrogen) atoms. The fourth-order valence-corrected chi connectivity index (χ4v) is 1.88. The zero-order chi connectivity index (χ0) is 11.5. The van der Waals surface area contributed by atoms with Gasteiger partial charge >= 0.3 is 0 Å². The Morgan fingerprint density at radius 1 is 1.50 bits per heavy atom. The molecule has 0 bridgehead atoms. The molecule has 3 nitrogen and oxygen atoms in total. The van der Waals surface area contributed by atoms with E-state index in [2.05, 4.69) is 26.2 Å². The molecule has 0 spiro atoms. The molecule has 1 aromatic heterocycles. The van der Waals surface area contributed by atoms with Crippen molar-refractivity contribution in [3.63, 3.8) is 0 Å². The molecule has 2 aromatic rings. The average molecular weight is 285 g/mol. The molecule has 0 atom stereocenters. The van der Waals surface area contributed by atoms with E-state index in [-0.39, 0.29) is 5.82 Å². The van der Waals surface area contributed by atoms with Crippen LogP contribution in [-0.2, 0) is 6.54 Å². The summed E-state index contributed by atoms with van der Waals surface area (Å²) < 4.78 is 19.2. The zero-order valence-electron chi connectivity index (χ0n) is 8.63. The Labute approximate surface area is 101 Å². The maximum atomic E-state index is 13.2. The predicted molar refractivity (Wildman–Crippen MR) is 62.4 cm³/mol. The van der Waals surface area contributed by atoms with Crippen molar-refractivity contribution < 1.29 is 8.81 Å². The van der Waals surface area contributed by atoms with E-state index in [1.165, 1.54) is 18.5 Å². The van der Waals surface area contributed by atoms with Gasteiger partial charge in [-0.3, -0.25) is 0 Å². The molecule has 0 aliphatic carbocycles. The molecule has 1 N–H and O–H groups in total. The number of oxazole rings is 1.